The van der Waals surface area contributed by atoms with Crippen molar-refractivity contribution in [2.45, 2.75) is 24.7 Å². The second-order valence-electron chi connectivity index (χ2n) is 5.12. The summed E-state index contributed by atoms with van der Waals surface area (Å²) in [4.78, 5) is 13.4. The summed E-state index contributed by atoms with van der Waals surface area (Å²) in [6, 6.07) is 8.21. The van der Waals surface area contributed by atoms with Crippen LogP contribution >= 0.6 is 0 Å². The highest BCUT2D eigenvalue weighted by molar-refractivity contribution is 5.75. The number of carbonyl (C=O) groups excluding carboxylic acids is 1. The van der Waals surface area contributed by atoms with E-state index in [4.69, 9.17) is 0 Å². The molecule has 0 aromatic heterocycles. The quantitative estimate of drug-likeness (QED) is 0.705. The molecule has 3 saturated heterocycles. The first-order valence-corrected chi connectivity index (χ1v) is 6.11. The molecule has 16 heavy (non-hydrogen) atoms. The third kappa shape index (κ3) is 1.49. The molecule has 2 nitrogen and oxygen atoms in total. The van der Waals surface area contributed by atoms with Crippen LogP contribution < -0.4 is 0 Å². The van der Waals surface area contributed by atoms with E-state index < -0.39 is 0 Å². The Morgan fingerprint density at radius 3 is 2.44 bits per heavy atom. The lowest BCUT2D eigenvalue weighted by Gasteiger charge is -2.49. The zero-order chi connectivity index (χ0) is 11.0. The van der Waals surface area contributed by atoms with Crippen molar-refractivity contribution >= 4 is 6.29 Å². The third-order valence-electron chi connectivity index (χ3n) is 4.35. The standard InChI is InChI=1S/C14H17NO/c16-11-12-2-1-3-13(10-12)14-4-7-15(8-5-14)9-6-14/h1-3,10-11H,4-9H2. The molecule has 3 fully saturated rings. The molecule has 0 spiro atoms. The number of aldehydes is 1. The van der Waals surface area contributed by atoms with Crippen molar-refractivity contribution in [3.05, 3.63) is 35.4 Å². The Bertz CT molecular complexity index is 391. The highest BCUT2D eigenvalue weighted by atomic mass is 16.1. The van der Waals surface area contributed by atoms with Crippen LogP contribution in [0.4, 0.5) is 0 Å². The van der Waals surface area contributed by atoms with E-state index in [1.807, 2.05) is 12.1 Å². The Labute approximate surface area is 96.3 Å². The van der Waals surface area contributed by atoms with Gasteiger partial charge in [0.1, 0.15) is 6.29 Å². The predicted octanol–water partition coefficient (Wildman–Crippen LogP) is 2.24. The summed E-state index contributed by atoms with van der Waals surface area (Å²) in [5, 5.41) is 0. The molecule has 3 aliphatic heterocycles. The molecule has 0 atom stereocenters. The Kier molecular flexibility index (Phi) is 2.32. The molecular weight excluding hydrogens is 198 g/mol. The topological polar surface area (TPSA) is 20.3 Å². The van der Waals surface area contributed by atoms with Crippen LogP contribution in [-0.2, 0) is 5.41 Å². The lowest BCUT2D eigenvalue weighted by Crippen LogP contribution is -2.50. The number of benzene rings is 1. The van der Waals surface area contributed by atoms with E-state index in [1.165, 1.54) is 44.5 Å². The van der Waals surface area contributed by atoms with Gasteiger partial charge < -0.3 is 4.90 Å². The lowest BCUT2D eigenvalue weighted by atomic mass is 9.67. The van der Waals surface area contributed by atoms with Crippen molar-refractivity contribution in [3.8, 4) is 0 Å². The molecule has 3 aliphatic rings. The van der Waals surface area contributed by atoms with Gasteiger partial charge in [-0.15, -0.1) is 0 Å². The van der Waals surface area contributed by atoms with Gasteiger partial charge in [-0.2, -0.15) is 0 Å². The minimum absolute atomic E-state index is 0.369. The highest BCUT2D eigenvalue weighted by Gasteiger charge is 2.40. The molecule has 0 radical (unpaired) electrons. The number of nitrogens with zero attached hydrogens (tertiary/aromatic N) is 1. The van der Waals surface area contributed by atoms with E-state index in [0.29, 0.717) is 5.41 Å². The molecule has 0 N–H and O–H groups in total. The van der Waals surface area contributed by atoms with E-state index in [1.54, 1.807) is 0 Å². The summed E-state index contributed by atoms with van der Waals surface area (Å²) in [5.41, 5.74) is 2.57. The predicted molar refractivity (Wildman–Crippen MR) is 63.8 cm³/mol. The maximum Gasteiger partial charge on any atom is 0.150 e. The molecule has 2 bridgehead atoms. The zero-order valence-corrected chi connectivity index (χ0v) is 9.48. The van der Waals surface area contributed by atoms with Crippen molar-refractivity contribution in [1.82, 2.24) is 4.90 Å². The Hall–Kier alpha value is -1.15. The fourth-order valence-electron chi connectivity index (χ4n) is 3.20. The van der Waals surface area contributed by atoms with Crippen LogP contribution in [0, 0.1) is 0 Å². The van der Waals surface area contributed by atoms with E-state index in [9.17, 15) is 4.79 Å². The van der Waals surface area contributed by atoms with E-state index in [0.717, 1.165) is 11.8 Å². The number of carbonyl (C=O) groups is 1. The van der Waals surface area contributed by atoms with Gasteiger partial charge in [0.05, 0.1) is 0 Å². The van der Waals surface area contributed by atoms with Gasteiger partial charge in [0, 0.05) is 5.56 Å². The molecule has 0 unspecified atom stereocenters. The SMILES string of the molecule is O=Cc1cccc(C23CCN(CC2)CC3)c1. The summed E-state index contributed by atoms with van der Waals surface area (Å²) in [6.07, 6.45) is 4.73. The number of rotatable bonds is 2. The van der Waals surface area contributed by atoms with Gasteiger partial charge in [0.25, 0.3) is 0 Å². The Balaban J connectivity index is 1.97. The second-order valence-corrected chi connectivity index (χ2v) is 5.12. The Morgan fingerprint density at radius 1 is 1.12 bits per heavy atom. The van der Waals surface area contributed by atoms with E-state index >= 15 is 0 Å². The molecule has 3 heterocycles. The number of fused-ring (bicyclic) bond motifs is 3. The fraction of sp³-hybridized carbons (Fsp3) is 0.500. The second kappa shape index (κ2) is 3.70. The Morgan fingerprint density at radius 2 is 1.81 bits per heavy atom. The fourth-order valence-corrected chi connectivity index (χ4v) is 3.20. The summed E-state index contributed by atoms with van der Waals surface area (Å²) in [7, 11) is 0. The third-order valence-corrected chi connectivity index (χ3v) is 4.35. The van der Waals surface area contributed by atoms with E-state index in [-0.39, 0.29) is 0 Å². The van der Waals surface area contributed by atoms with Crippen LogP contribution in [0.2, 0.25) is 0 Å². The molecular formula is C14H17NO. The minimum Gasteiger partial charge on any atom is -0.303 e. The summed E-state index contributed by atoms with van der Waals surface area (Å²) < 4.78 is 0. The summed E-state index contributed by atoms with van der Waals surface area (Å²) in [5.74, 6) is 0. The molecule has 4 rings (SSSR count). The van der Waals surface area contributed by atoms with Gasteiger partial charge in [-0.25, -0.2) is 0 Å². The van der Waals surface area contributed by atoms with Crippen LogP contribution in [-0.4, -0.2) is 30.8 Å². The van der Waals surface area contributed by atoms with Gasteiger partial charge in [-0.3, -0.25) is 4.79 Å². The van der Waals surface area contributed by atoms with Crippen LogP contribution in [0.3, 0.4) is 0 Å². The van der Waals surface area contributed by atoms with Crippen LogP contribution in [0.15, 0.2) is 24.3 Å². The van der Waals surface area contributed by atoms with Crippen molar-refractivity contribution in [3.63, 3.8) is 0 Å². The van der Waals surface area contributed by atoms with Crippen molar-refractivity contribution in [2.75, 3.05) is 19.6 Å². The monoisotopic (exact) mass is 215 g/mol. The first-order valence-electron chi connectivity index (χ1n) is 6.11. The molecule has 0 amide bonds. The average Bonchev–Trinajstić information content (AvgIpc) is 2.41. The van der Waals surface area contributed by atoms with Gasteiger partial charge in [0.15, 0.2) is 0 Å². The maximum absolute atomic E-state index is 10.8. The minimum atomic E-state index is 0.369. The average molecular weight is 215 g/mol. The molecule has 2 heteroatoms. The van der Waals surface area contributed by atoms with Gasteiger partial charge in [0.2, 0.25) is 0 Å². The smallest absolute Gasteiger partial charge is 0.150 e. The zero-order valence-electron chi connectivity index (χ0n) is 9.48. The maximum atomic E-state index is 10.8. The van der Waals surface area contributed by atoms with Crippen LogP contribution in [0.1, 0.15) is 35.2 Å². The summed E-state index contributed by atoms with van der Waals surface area (Å²) in [6.45, 7) is 3.68. The first-order chi connectivity index (χ1) is 7.82. The van der Waals surface area contributed by atoms with Crippen molar-refractivity contribution in [2.24, 2.45) is 0 Å². The number of hydrogen-bond donors (Lipinski definition) is 0. The van der Waals surface area contributed by atoms with E-state index in [2.05, 4.69) is 17.0 Å². The van der Waals surface area contributed by atoms with Crippen LogP contribution in [0.25, 0.3) is 0 Å². The van der Waals surface area contributed by atoms with Gasteiger partial charge >= 0.3 is 0 Å². The largest absolute Gasteiger partial charge is 0.303 e. The van der Waals surface area contributed by atoms with Crippen molar-refractivity contribution in [1.29, 1.82) is 0 Å². The first kappa shape index (κ1) is 10.0. The normalized spacial score (nSPS) is 32.6. The number of piperidine rings is 3. The van der Waals surface area contributed by atoms with Crippen molar-refractivity contribution < 1.29 is 4.79 Å². The molecule has 1 aromatic rings. The molecule has 0 saturated carbocycles. The molecule has 84 valence electrons. The molecule has 1 aromatic carbocycles. The lowest BCUT2D eigenvalue weighted by molar-refractivity contribution is 0.0817. The molecule has 0 aliphatic carbocycles. The number of hydrogen-bond acceptors (Lipinski definition) is 2. The van der Waals surface area contributed by atoms with Gasteiger partial charge in [-0.1, -0.05) is 18.2 Å². The van der Waals surface area contributed by atoms with Crippen LogP contribution in [0.5, 0.6) is 0 Å². The van der Waals surface area contributed by atoms with Gasteiger partial charge in [-0.05, 0) is 55.9 Å². The highest BCUT2D eigenvalue weighted by Crippen LogP contribution is 2.42. The summed E-state index contributed by atoms with van der Waals surface area (Å²) >= 11 is 0.